The molecule has 3 rings (SSSR count). The Morgan fingerprint density at radius 2 is 2.07 bits per heavy atom. The number of carbonyl (C=O) groups is 1. The van der Waals surface area contributed by atoms with Crippen molar-refractivity contribution in [2.45, 2.75) is 17.9 Å². The third-order valence-corrected chi connectivity index (χ3v) is 6.46. The summed E-state index contributed by atoms with van der Waals surface area (Å²) in [6.45, 7) is 0.484. The molecule has 1 aliphatic heterocycles. The first-order valence-electron chi connectivity index (χ1n) is 8.86. The molecule has 0 bridgehead atoms. The Balaban J connectivity index is 1.73. The van der Waals surface area contributed by atoms with E-state index in [2.05, 4.69) is 10.3 Å². The molecule has 0 radical (unpaired) electrons. The average molecular weight is 408 g/mol. The molecule has 1 fully saturated rings. The smallest absolute Gasteiger partial charge is 0.262 e. The van der Waals surface area contributed by atoms with Gasteiger partial charge >= 0.3 is 0 Å². The van der Waals surface area contributed by atoms with Crippen molar-refractivity contribution in [3.63, 3.8) is 0 Å². The van der Waals surface area contributed by atoms with Gasteiger partial charge in [-0.1, -0.05) is 0 Å². The SMILES string of the molecule is COc1ccc(NC(=O)[C@H]2CCCN(S(=O)(=O)c3cn(C)cn3)C2)c(OC)c1. The molecule has 2 heterocycles. The molecule has 1 aromatic heterocycles. The van der Waals surface area contributed by atoms with Crippen molar-refractivity contribution in [3.8, 4) is 11.5 Å². The van der Waals surface area contributed by atoms with Gasteiger partial charge in [0.05, 0.1) is 32.2 Å². The largest absolute Gasteiger partial charge is 0.497 e. The molecule has 1 atom stereocenters. The Labute approximate surface area is 164 Å². The van der Waals surface area contributed by atoms with Gasteiger partial charge in [0.25, 0.3) is 10.0 Å². The van der Waals surface area contributed by atoms with Crippen LogP contribution in [0.2, 0.25) is 0 Å². The zero-order chi connectivity index (χ0) is 20.3. The fourth-order valence-electron chi connectivity index (χ4n) is 3.17. The van der Waals surface area contributed by atoms with Crippen LogP contribution in [0.25, 0.3) is 0 Å². The molecule has 0 saturated carbocycles. The highest BCUT2D eigenvalue weighted by Gasteiger charge is 2.34. The summed E-state index contributed by atoms with van der Waals surface area (Å²) in [6.07, 6.45) is 4.11. The fraction of sp³-hybridized carbons (Fsp3) is 0.444. The number of ether oxygens (including phenoxy) is 2. The minimum absolute atomic E-state index is 0.00659. The van der Waals surface area contributed by atoms with Crippen LogP contribution in [0.15, 0.2) is 35.7 Å². The number of anilines is 1. The molecule has 1 aliphatic rings. The first-order chi connectivity index (χ1) is 13.3. The van der Waals surface area contributed by atoms with Crippen LogP contribution in [-0.4, -0.2) is 55.5 Å². The van der Waals surface area contributed by atoms with Crippen LogP contribution in [0, 0.1) is 5.92 Å². The minimum Gasteiger partial charge on any atom is -0.497 e. The van der Waals surface area contributed by atoms with Crippen molar-refractivity contribution in [1.82, 2.24) is 13.9 Å². The van der Waals surface area contributed by atoms with E-state index in [9.17, 15) is 13.2 Å². The van der Waals surface area contributed by atoms with Crippen LogP contribution < -0.4 is 14.8 Å². The van der Waals surface area contributed by atoms with Gasteiger partial charge in [-0.25, -0.2) is 13.4 Å². The van der Waals surface area contributed by atoms with Crippen molar-refractivity contribution < 1.29 is 22.7 Å². The topological polar surface area (TPSA) is 103 Å². The monoisotopic (exact) mass is 408 g/mol. The number of rotatable bonds is 6. The quantitative estimate of drug-likeness (QED) is 0.777. The number of aromatic nitrogens is 2. The highest BCUT2D eigenvalue weighted by Crippen LogP contribution is 2.30. The number of nitrogens with zero attached hydrogens (tertiary/aromatic N) is 3. The molecule has 2 aromatic rings. The van der Waals surface area contributed by atoms with E-state index in [0.29, 0.717) is 36.6 Å². The number of hydrogen-bond acceptors (Lipinski definition) is 6. The van der Waals surface area contributed by atoms with E-state index >= 15 is 0 Å². The van der Waals surface area contributed by atoms with Gasteiger partial charge in [-0.15, -0.1) is 0 Å². The number of methoxy groups -OCH3 is 2. The van der Waals surface area contributed by atoms with Crippen molar-refractivity contribution in [2.75, 3.05) is 32.6 Å². The molecule has 0 unspecified atom stereocenters. The summed E-state index contributed by atoms with van der Waals surface area (Å²) in [7, 11) is 1.04. The molecule has 1 amide bonds. The Morgan fingerprint density at radius 3 is 2.71 bits per heavy atom. The molecule has 9 nitrogen and oxygen atoms in total. The summed E-state index contributed by atoms with van der Waals surface area (Å²) < 4.78 is 38.9. The number of carbonyl (C=O) groups excluding carboxylic acids is 1. The van der Waals surface area contributed by atoms with Crippen LogP contribution in [0.5, 0.6) is 11.5 Å². The summed E-state index contributed by atoms with van der Waals surface area (Å²) in [4.78, 5) is 16.7. The predicted molar refractivity (Wildman–Crippen MR) is 103 cm³/mol. The maximum absolute atomic E-state index is 12.8. The lowest BCUT2D eigenvalue weighted by Gasteiger charge is -2.30. The van der Waals surface area contributed by atoms with Crippen molar-refractivity contribution >= 4 is 21.6 Å². The van der Waals surface area contributed by atoms with E-state index in [4.69, 9.17) is 9.47 Å². The standard InChI is InChI=1S/C18H24N4O5S/c1-21-11-17(19-12-21)28(24,25)22-8-4-5-13(10-22)18(23)20-15-7-6-14(26-2)9-16(15)27-3/h6-7,9,11-13H,4-5,8,10H2,1-3H3,(H,20,23)/t13-/m0/s1. The molecule has 1 N–H and O–H groups in total. The van der Waals surface area contributed by atoms with E-state index in [1.807, 2.05) is 0 Å². The summed E-state index contributed by atoms with van der Waals surface area (Å²) in [5.74, 6) is 0.380. The predicted octanol–water partition coefficient (Wildman–Crippen LogP) is 1.48. The molecule has 28 heavy (non-hydrogen) atoms. The van der Waals surface area contributed by atoms with E-state index < -0.39 is 15.9 Å². The van der Waals surface area contributed by atoms with Gasteiger partial charge < -0.3 is 19.4 Å². The highest BCUT2D eigenvalue weighted by atomic mass is 32.2. The van der Waals surface area contributed by atoms with Gasteiger partial charge in [0, 0.05) is 32.4 Å². The van der Waals surface area contributed by atoms with Crippen LogP contribution >= 0.6 is 0 Å². The summed E-state index contributed by atoms with van der Waals surface area (Å²) in [5.41, 5.74) is 0.512. The number of nitrogens with one attached hydrogen (secondary N) is 1. The first-order valence-corrected chi connectivity index (χ1v) is 10.3. The lowest BCUT2D eigenvalue weighted by molar-refractivity contribution is -0.120. The van der Waals surface area contributed by atoms with Gasteiger partial charge in [0.2, 0.25) is 5.91 Å². The second-order valence-electron chi connectivity index (χ2n) is 6.64. The molecule has 152 valence electrons. The van der Waals surface area contributed by atoms with Gasteiger partial charge in [-0.05, 0) is 25.0 Å². The third-order valence-electron chi connectivity index (χ3n) is 4.71. The van der Waals surface area contributed by atoms with Gasteiger partial charge in [-0.3, -0.25) is 4.79 Å². The molecular formula is C18H24N4O5S. The fourth-order valence-corrected chi connectivity index (χ4v) is 4.66. The lowest BCUT2D eigenvalue weighted by Crippen LogP contribution is -2.43. The molecule has 0 spiro atoms. The number of hydrogen-bond donors (Lipinski definition) is 1. The van der Waals surface area contributed by atoms with Crippen molar-refractivity contribution in [2.24, 2.45) is 13.0 Å². The summed E-state index contributed by atoms with van der Waals surface area (Å²) >= 11 is 0. The number of aryl methyl sites for hydroxylation is 1. The molecule has 1 aromatic carbocycles. The van der Waals surface area contributed by atoms with Gasteiger partial charge in [0.1, 0.15) is 11.5 Å². The Kier molecular flexibility index (Phi) is 5.90. The van der Waals surface area contributed by atoms with Crippen molar-refractivity contribution in [3.05, 3.63) is 30.7 Å². The van der Waals surface area contributed by atoms with Crippen LogP contribution in [-0.2, 0) is 21.9 Å². The molecule has 1 saturated heterocycles. The average Bonchev–Trinajstić information content (AvgIpc) is 3.15. The normalized spacial score (nSPS) is 17.9. The second-order valence-corrected chi connectivity index (χ2v) is 8.52. The van der Waals surface area contributed by atoms with Gasteiger partial charge in [-0.2, -0.15) is 4.31 Å². The Morgan fingerprint density at radius 1 is 1.29 bits per heavy atom. The third kappa shape index (κ3) is 4.12. The zero-order valence-corrected chi connectivity index (χ0v) is 16.9. The maximum atomic E-state index is 12.8. The number of amides is 1. The highest BCUT2D eigenvalue weighted by molar-refractivity contribution is 7.89. The first kappa shape index (κ1) is 20.2. The lowest BCUT2D eigenvalue weighted by atomic mass is 9.98. The van der Waals surface area contributed by atoms with Gasteiger partial charge in [0.15, 0.2) is 5.03 Å². The number of imidazole rings is 1. The summed E-state index contributed by atoms with van der Waals surface area (Å²) in [6, 6.07) is 5.09. The van der Waals surface area contributed by atoms with E-state index in [0.717, 1.165) is 0 Å². The van der Waals surface area contributed by atoms with E-state index in [1.54, 1.807) is 36.9 Å². The minimum atomic E-state index is -3.72. The van der Waals surface area contributed by atoms with Crippen LogP contribution in [0.4, 0.5) is 5.69 Å². The molecule has 0 aliphatic carbocycles. The Hall–Kier alpha value is -2.59. The van der Waals surface area contributed by atoms with Crippen LogP contribution in [0.3, 0.4) is 0 Å². The maximum Gasteiger partial charge on any atom is 0.262 e. The van der Waals surface area contributed by atoms with Crippen LogP contribution in [0.1, 0.15) is 12.8 Å². The van der Waals surface area contributed by atoms with Crippen molar-refractivity contribution in [1.29, 1.82) is 0 Å². The number of benzene rings is 1. The molecule has 10 heteroatoms. The Bertz CT molecular complexity index is 957. The van der Waals surface area contributed by atoms with E-state index in [1.165, 1.54) is 23.9 Å². The number of sulfonamides is 1. The number of piperidine rings is 1. The summed E-state index contributed by atoms with van der Waals surface area (Å²) in [5, 5.41) is 2.83. The second kappa shape index (κ2) is 8.19. The van der Waals surface area contributed by atoms with E-state index in [-0.39, 0.29) is 17.5 Å². The molecular weight excluding hydrogens is 384 g/mol. The zero-order valence-electron chi connectivity index (χ0n) is 16.1.